The summed E-state index contributed by atoms with van der Waals surface area (Å²) in [4.78, 5) is 31.0. The monoisotopic (exact) mass is 397 g/mol. The Balaban J connectivity index is 1.86. The van der Waals surface area contributed by atoms with Crippen molar-refractivity contribution >= 4 is 22.9 Å². The third kappa shape index (κ3) is 3.72. The van der Waals surface area contributed by atoms with Crippen LogP contribution in [0.3, 0.4) is 0 Å². The van der Waals surface area contributed by atoms with E-state index in [0.717, 1.165) is 47.8 Å². The predicted molar refractivity (Wildman–Crippen MR) is 112 cm³/mol. The van der Waals surface area contributed by atoms with Crippen LogP contribution in [-0.2, 0) is 16.0 Å². The van der Waals surface area contributed by atoms with E-state index in [9.17, 15) is 9.59 Å². The summed E-state index contributed by atoms with van der Waals surface area (Å²) in [6.07, 6.45) is 5.52. The van der Waals surface area contributed by atoms with Gasteiger partial charge >= 0.3 is 6.09 Å². The van der Waals surface area contributed by atoms with Crippen molar-refractivity contribution < 1.29 is 14.3 Å². The molecule has 2 unspecified atom stereocenters. The largest absolute Gasteiger partial charge is 0.444 e. The van der Waals surface area contributed by atoms with Crippen molar-refractivity contribution in [3.8, 4) is 0 Å². The number of nitrogens with one attached hydrogen (secondary N) is 1. The first-order valence-electron chi connectivity index (χ1n) is 10.7. The minimum absolute atomic E-state index is 0.223. The van der Waals surface area contributed by atoms with E-state index >= 15 is 0 Å². The minimum Gasteiger partial charge on any atom is -0.444 e. The van der Waals surface area contributed by atoms with Gasteiger partial charge in [-0.1, -0.05) is 37.5 Å². The van der Waals surface area contributed by atoms with Gasteiger partial charge in [0.05, 0.1) is 6.04 Å². The number of primary amides is 1. The molecule has 1 aliphatic carbocycles. The number of aromatic nitrogens is 1. The number of hydrogen-bond donors (Lipinski definition) is 2. The van der Waals surface area contributed by atoms with Crippen molar-refractivity contribution in [1.82, 2.24) is 9.88 Å². The molecule has 1 aromatic heterocycles. The molecule has 0 radical (unpaired) electrons. The summed E-state index contributed by atoms with van der Waals surface area (Å²) >= 11 is 0. The fraction of sp³-hybridized carbons (Fsp3) is 0.565. The number of para-hydroxylation sites is 1. The van der Waals surface area contributed by atoms with Crippen LogP contribution in [0.4, 0.5) is 4.79 Å². The van der Waals surface area contributed by atoms with E-state index in [0.29, 0.717) is 6.42 Å². The molecule has 2 amide bonds. The normalized spacial score (nSPS) is 23.1. The molecule has 3 N–H and O–H groups in total. The van der Waals surface area contributed by atoms with Crippen LogP contribution in [0.5, 0.6) is 0 Å². The van der Waals surface area contributed by atoms with Gasteiger partial charge in [-0.15, -0.1) is 0 Å². The Labute approximate surface area is 171 Å². The van der Waals surface area contributed by atoms with Crippen molar-refractivity contribution in [3.63, 3.8) is 0 Å². The first-order chi connectivity index (χ1) is 13.8. The Morgan fingerprint density at radius 2 is 1.83 bits per heavy atom. The average molecular weight is 398 g/mol. The van der Waals surface area contributed by atoms with Crippen LogP contribution in [-0.4, -0.2) is 33.5 Å². The molecule has 1 aliphatic heterocycles. The second-order valence-electron chi connectivity index (χ2n) is 9.42. The van der Waals surface area contributed by atoms with Crippen molar-refractivity contribution in [3.05, 3.63) is 35.5 Å². The van der Waals surface area contributed by atoms with Gasteiger partial charge in [-0.2, -0.15) is 0 Å². The smallest absolute Gasteiger partial charge is 0.411 e. The number of amides is 2. The highest BCUT2D eigenvalue weighted by Crippen LogP contribution is 2.45. The van der Waals surface area contributed by atoms with E-state index in [-0.39, 0.29) is 12.0 Å². The molecule has 156 valence electrons. The molecular formula is C23H31N3O3. The number of benzene rings is 1. The molecule has 1 saturated carbocycles. The van der Waals surface area contributed by atoms with Gasteiger partial charge in [0.1, 0.15) is 11.6 Å². The van der Waals surface area contributed by atoms with Crippen LogP contribution in [0.15, 0.2) is 24.3 Å². The number of rotatable bonds is 2. The second-order valence-corrected chi connectivity index (χ2v) is 9.42. The molecule has 2 heterocycles. The van der Waals surface area contributed by atoms with E-state index in [4.69, 9.17) is 10.5 Å². The maximum absolute atomic E-state index is 13.3. The Morgan fingerprint density at radius 1 is 1.14 bits per heavy atom. The number of ether oxygens (including phenoxy) is 1. The highest BCUT2D eigenvalue weighted by molar-refractivity contribution is 5.90. The summed E-state index contributed by atoms with van der Waals surface area (Å²) in [7, 11) is 0. The Hall–Kier alpha value is -2.50. The van der Waals surface area contributed by atoms with Gasteiger partial charge in [0.15, 0.2) is 0 Å². The lowest BCUT2D eigenvalue weighted by Gasteiger charge is -2.45. The van der Waals surface area contributed by atoms with Crippen LogP contribution in [0.25, 0.3) is 10.9 Å². The molecule has 2 aliphatic rings. The average Bonchev–Trinajstić information content (AvgIpc) is 3.04. The lowest BCUT2D eigenvalue weighted by Crippen LogP contribution is -2.56. The molecule has 2 aromatic rings. The topological polar surface area (TPSA) is 88.4 Å². The molecule has 6 heteroatoms. The Kier molecular flexibility index (Phi) is 5.05. The molecule has 0 spiro atoms. The van der Waals surface area contributed by atoms with Crippen molar-refractivity contribution in [2.75, 3.05) is 0 Å². The molecule has 1 aromatic carbocycles. The predicted octanol–water partition coefficient (Wildman–Crippen LogP) is 4.44. The molecule has 0 saturated heterocycles. The van der Waals surface area contributed by atoms with Gasteiger partial charge in [-0.3, -0.25) is 9.69 Å². The van der Waals surface area contributed by atoms with Gasteiger partial charge in [-0.25, -0.2) is 4.79 Å². The molecule has 29 heavy (non-hydrogen) atoms. The zero-order valence-electron chi connectivity index (χ0n) is 17.5. The number of nitrogens with two attached hydrogens (primary N) is 1. The van der Waals surface area contributed by atoms with E-state index in [1.165, 1.54) is 6.42 Å². The molecule has 4 rings (SSSR count). The Bertz CT molecular complexity index is 921. The Morgan fingerprint density at radius 3 is 2.48 bits per heavy atom. The quantitative estimate of drug-likeness (QED) is 0.785. The number of hydrogen-bond acceptors (Lipinski definition) is 3. The number of nitrogens with zero attached hydrogens (tertiary/aromatic N) is 1. The van der Waals surface area contributed by atoms with E-state index in [1.54, 1.807) is 4.90 Å². The lowest BCUT2D eigenvalue weighted by molar-refractivity contribution is -0.125. The van der Waals surface area contributed by atoms with Crippen LogP contribution >= 0.6 is 0 Å². The van der Waals surface area contributed by atoms with Gasteiger partial charge in [0.25, 0.3) is 0 Å². The summed E-state index contributed by atoms with van der Waals surface area (Å²) in [5.74, 6) is -0.196. The third-order valence-corrected chi connectivity index (χ3v) is 6.20. The van der Waals surface area contributed by atoms with Crippen LogP contribution < -0.4 is 5.73 Å². The third-order valence-electron chi connectivity index (χ3n) is 6.20. The molecule has 0 bridgehead atoms. The van der Waals surface area contributed by atoms with Gasteiger partial charge < -0.3 is 15.5 Å². The van der Waals surface area contributed by atoms with Gasteiger partial charge in [0, 0.05) is 23.0 Å². The molecular weight excluding hydrogens is 366 g/mol. The summed E-state index contributed by atoms with van der Waals surface area (Å²) in [6, 6.07) is 7.19. The van der Waals surface area contributed by atoms with Crippen molar-refractivity contribution in [1.29, 1.82) is 0 Å². The highest BCUT2D eigenvalue weighted by atomic mass is 16.6. The zero-order chi connectivity index (χ0) is 20.8. The van der Waals surface area contributed by atoms with Crippen LogP contribution in [0.2, 0.25) is 0 Å². The van der Waals surface area contributed by atoms with Gasteiger partial charge in [0.2, 0.25) is 5.91 Å². The number of carbonyl (C=O) groups excluding carboxylic acids is 2. The number of carbonyl (C=O) groups is 2. The SMILES string of the molecule is CC(C)(C)OC(=O)N1C(C(N)=O)Cc2c([nH]c3ccccc23)C1C1CCCCC1. The number of H-pyrrole nitrogens is 1. The van der Waals surface area contributed by atoms with E-state index in [2.05, 4.69) is 11.1 Å². The number of fused-ring (bicyclic) bond motifs is 3. The number of aromatic amines is 1. The molecule has 1 fully saturated rings. The molecule has 2 atom stereocenters. The van der Waals surface area contributed by atoms with E-state index < -0.39 is 23.6 Å². The maximum atomic E-state index is 13.3. The van der Waals surface area contributed by atoms with Crippen LogP contribution in [0.1, 0.15) is 70.2 Å². The summed E-state index contributed by atoms with van der Waals surface area (Å²) < 4.78 is 5.73. The minimum atomic E-state index is -0.705. The fourth-order valence-electron chi connectivity index (χ4n) is 5.02. The first-order valence-corrected chi connectivity index (χ1v) is 10.7. The maximum Gasteiger partial charge on any atom is 0.411 e. The second kappa shape index (κ2) is 7.39. The first kappa shape index (κ1) is 19.8. The van der Waals surface area contributed by atoms with Crippen molar-refractivity contribution in [2.45, 2.75) is 77.0 Å². The summed E-state index contributed by atoms with van der Waals surface area (Å²) in [6.45, 7) is 5.54. The van der Waals surface area contributed by atoms with Crippen molar-refractivity contribution in [2.24, 2.45) is 11.7 Å². The summed E-state index contributed by atoms with van der Waals surface area (Å²) in [5.41, 5.74) is 8.37. The van der Waals surface area contributed by atoms with Crippen LogP contribution in [0, 0.1) is 5.92 Å². The van der Waals surface area contributed by atoms with E-state index in [1.807, 2.05) is 39.0 Å². The fourth-order valence-corrected chi connectivity index (χ4v) is 5.02. The van der Waals surface area contributed by atoms with Gasteiger partial charge in [-0.05, 0) is 51.2 Å². The summed E-state index contributed by atoms with van der Waals surface area (Å²) in [5, 5.41) is 1.11. The standard InChI is InChI=1S/C23H31N3O3/c1-23(2,3)29-22(28)26-18(21(24)27)13-16-15-11-7-8-12-17(15)25-19(16)20(26)14-9-5-4-6-10-14/h7-8,11-12,14,18,20,25H,4-6,9-10,13H2,1-3H3,(H2,24,27). The zero-order valence-corrected chi connectivity index (χ0v) is 17.5. The highest BCUT2D eigenvalue weighted by Gasteiger charge is 2.46. The molecule has 6 nitrogen and oxygen atoms in total. The lowest BCUT2D eigenvalue weighted by atomic mass is 9.78.